The Balaban J connectivity index is 2.79. The number of methoxy groups -OCH3 is 1. The minimum Gasteiger partial charge on any atom is -0.480 e. The number of carbonyl (C=O) groups is 2. The highest BCUT2D eigenvalue weighted by molar-refractivity contribution is 9.10. The van der Waals surface area contributed by atoms with Gasteiger partial charge in [0.25, 0.3) is 0 Å². The second kappa shape index (κ2) is 8.59. The quantitative estimate of drug-likeness (QED) is 0.762. The molecule has 0 aromatic heterocycles. The molecule has 0 fully saturated rings. The maximum absolute atomic E-state index is 12.0. The number of aliphatic carboxylic acids is 1. The molecule has 1 aromatic rings. The van der Waals surface area contributed by atoms with Gasteiger partial charge >= 0.3 is 5.97 Å². The predicted molar refractivity (Wildman–Crippen MR) is 84.0 cm³/mol. The van der Waals surface area contributed by atoms with Crippen LogP contribution in [0.3, 0.4) is 0 Å². The van der Waals surface area contributed by atoms with Crippen LogP contribution in [0.15, 0.2) is 28.7 Å². The van der Waals surface area contributed by atoms with Gasteiger partial charge in [-0.2, -0.15) is 0 Å². The summed E-state index contributed by atoms with van der Waals surface area (Å²) in [5.41, 5.74) is 1.97. The lowest BCUT2D eigenvalue weighted by Crippen LogP contribution is -2.36. The number of rotatable bonds is 7. The molecule has 0 heterocycles. The molecule has 1 aromatic carbocycles. The third kappa shape index (κ3) is 6.10. The van der Waals surface area contributed by atoms with E-state index >= 15 is 0 Å². The molecule has 6 heteroatoms. The number of nitrogens with zero attached hydrogens (tertiary/aromatic N) is 1. The number of carbonyl (C=O) groups excluding carboxylic acids is 1. The number of carboxylic acid groups (broad SMARTS) is 1. The van der Waals surface area contributed by atoms with Gasteiger partial charge < -0.3 is 14.7 Å². The molecule has 0 atom stereocenters. The first kappa shape index (κ1) is 17.4. The molecule has 1 rings (SSSR count). The molecule has 0 unspecified atom stereocenters. The molecule has 0 saturated heterocycles. The topological polar surface area (TPSA) is 66.8 Å². The second-order valence-corrected chi connectivity index (χ2v) is 5.36. The number of hydrogen-bond donors (Lipinski definition) is 1. The normalized spacial score (nSPS) is 10.8. The Bertz CT molecular complexity index is 542. The van der Waals surface area contributed by atoms with Crippen molar-refractivity contribution < 1.29 is 19.4 Å². The van der Waals surface area contributed by atoms with Crippen molar-refractivity contribution >= 4 is 33.9 Å². The highest BCUT2D eigenvalue weighted by atomic mass is 79.9. The first-order chi connectivity index (χ1) is 9.93. The lowest BCUT2D eigenvalue weighted by molar-refractivity contribution is -0.143. The number of halogens is 1. The third-order valence-corrected chi connectivity index (χ3v) is 3.45. The molecule has 0 bridgehead atoms. The molecule has 1 amide bonds. The number of aryl methyl sites for hydroxylation is 1. The van der Waals surface area contributed by atoms with E-state index in [1.54, 1.807) is 6.08 Å². The molecule has 21 heavy (non-hydrogen) atoms. The predicted octanol–water partition coefficient (Wildman–Crippen LogP) is 2.33. The van der Waals surface area contributed by atoms with Crippen molar-refractivity contribution in [2.75, 3.05) is 26.8 Å². The fraction of sp³-hybridized carbons (Fsp3) is 0.333. The molecule has 114 valence electrons. The number of amides is 1. The van der Waals surface area contributed by atoms with E-state index in [0.717, 1.165) is 15.6 Å². The van der Waals surface area contributed by atoms with E-state index in [2.05, 4.69) is 15.9 Å². The summed E-state index contributed by atoms with van der Waals surface area (Å²) >= 11 is 3.43. The maximum atomic E-state index is 12.0. The molecular weight excluding hydrogens is 338 g/mol. The molecule has 0 radical (unpaired) electrons. The van der Waals surface area contributed by atoms with E-state index in [1.165, 1.54) is 18.1 Å². The molecule has 5 nitrogen and oxygen atoms in total. The van der Waals surface area contributed by atoms with Crippen molar-refractivity contribution in [3.8, 4) is 0 Å². The molecule has 0 spiro atoms. The van der Waals surface area contributed by atoms with Crippen LogP contribution in [-0.4, -0.2) is 48.7 Å². The summed E-state index contributed by atoms with van der Waals surface area (Å²) in [5.74, 6) is -1.41. The summed E-state index contributed by atoms with van der Waals surface area (Å²) in [6.45, 7) is 2.16. The van der Waals surface area contributed by atoms with Gasteiger partial charge in [0.15, 0.2) is 0 Å². The summed E-state index contributed by atoms with van der Waals surface area (Å²) in [6, 6.07) is 5.78. The average Bonchev–Trinajstić information content (AvgIpc) is 2.41. The molecular formula is C15H18BrNO4. The zero-order chi connectivity index (χ0) is 15.8. The number of hydrogen-bond acceptors (Lipinski definition) is 3. The minimum absolute atomic E-state index is 0.237. The van der Waals surface area contributed by atoms with Crippen LogP contribution in [0, 0.1) is 6.92 Å². The van der Waals surface area contributed by atoms with Crippen LogP contribution < -0.4 is 0 Å². The largest absolute Gasteiger partial charge is 0.480 e. The van der Waals surface area contributed by atoms with Crippen molar-refractivity contribution in [2.24, 2.45) is 0 Å². The zero-order valence-electron chi connectivity index (χ0n) is 12.0. The Morgan fingerprint density at radius 3 is 2.71 bits per heavy atom. The van der Waals surface area contributed by atoms with Crippen molar-refractivity contribution in [3.63, 3.8) is 0 Å². The van der Waals surface area contributed by atoms with E-state index in [-0.39, 0.29) is 19.0 Å². The van der Waals surface area contributed by atoms with Crippen LogP contribution in [0.2, 0.25) is 0 Å². The first-order valence-electron chi connectivity index (χ1n) is 6.38. The van der Waals surface area contributed by atoms with Gasteiger partial charge in [0.05, 0.1) is 6.61 Å². The molecule has 0 saturated carbocycles. The fourth-order valence-corrected chi connectivity index (χ4v) is 2.29. The number of carboxylic acids is 1. The van der Waals surface area contributed by atoms with E-state index in [4.69, 9.17) is 9.84 Å². The standard InChI is InChI=1S/C15H18BrNO4/c1-11-3-4-12(13(16)9-11)5-6-14(18)17(7-8-21-2)10-15(19)20/h3-6,9H,7-8,10H2,1-2H3,(H,19,20). The average molecular weight is 356 g/mol. The van der Waals surface area contributed by atoms with Crippen molar-refractivity contribution in [3.05, 3.63) is 39.9 Å². The van der Waals surface area contributed by atoms with Gasteiger partial charge in [0.1, 0.15) is 6.54 Å². The highest BCUT2D eigenvalue weighted by Crippen LogP contribution is 2.19. The Labute approximate surface area is 132 Å². The Kier molecular flexibility index (Phi) is 7.11. The second-order valence-electron chi connectivity index (χ2n) is 4.50. The number of ether oxygens (including phenoxy) is 1. The molecule has 1 N–H and O–H groups in total. The van der Waals surface area contributed by atoms with E-state index in [1.807, 2.05) is 25.1 Å². The smallest absolute Gasteiger partial charge is 0.323 e. The van der Waals surface area contributed by atoms with Crippen molar-refractivity contribution in [1.82, 2.24) is 4.90 Å². The Morgan fingerprint density at radius 2 is 2.14 bits per heavy atom. The maximum Gasteiger partial charge on any atom is 0.323 e. The van der Waals surface area contributed by atoms with Crippen LogP contribution in [-0.2, 0) is 14.3 Å². The van der Waals surface area contributed by atoms with Crippen LogP contribution in [0.4, 0.5) is 0 Å². The molecule has 0 aliphatic rings. The van der Waals surface area contributed by atoms with Gasteiger partial charge in [-0.25, -0.2) is 0 Å². The van der Waals surface area contributed by atoms with Crippen molar-refractivity contribution in [1.29, 1.82) is 0 Å². The fourth-order valence-electron chi connectivity index (χ4n) is 1.67. The summed E-state index contributed by atoms with van der Waals surface area (Å²) in [5, 5.41) is 8.83. The summed E-state index contributed by atoms with van der Waals surface area (Å²) in [4.78, 5) is 24.0. The lowest BCUT2D eigenvalue weighted by atomic mass is 10.1. The third-order valence-electron chi connectivity index (χ3n) is 2.76. The van der Waals surface area contributed by atoms with Crippen molar-refractivity contribution in [2.45, 2.75) is 6.92 Å². The molecule has 0 aliphatic heterocycles. The minimum atomic E-state index is -1.05. The number of benzene rings is 1. The van der Waals surface area contributed by atoms with Gasteiger partial charge in [0.2, 0.25) is 5.91 Å². The van der Waals surface area contributed by atoms with E-state index < -0.39 is 5.97 Å². The summed E-state index contributed by atoms with van der Waals surface area (Å²) < 4.78 is 5.76. The lowest BCUT2D eigenvalue weighted by Gasteiger charge is -2.18. The Hall–Kier alpha value is -1.66. The summed E-state index contributed by atoms with van der Waals surface area (Å²) in [7, 11) is 1.50. The van der Waals surface area contributed by atoms with Gasteiger partial charge in [-0.05, 0) is 30.2 Å². The van der Waals surface area contributed by atoms with Gasteiger partial charge in [-0.3, -0.25) is 9.59 Å². The first-order valence-corrected chi connectivity index (χ1v) is 7.17. The Morgan fingerprint density at radius 1 is 1.43 bits per heavy atom. The van der Waals surface area contributed by atoms with E-state index in [0.29, 0.717) is 6.61 Å². The van der Waals surface area contributed by atoms with Gasteiger partial charge in [-0.15, -0.1) is 0 Å². The van der Waals surface area contributed by atoms with Crippen LogP contribution in [0.25, 0.3) is 6.08 Å². The monoisotopic (exact) mass is 355 g/mol. The van der Waals surface area contributed by atoms with Crippen LogP contribution >= 0.6 is 15.9 Å². The van der Waals surface area contributed by atoms with Crippen LogP contribution in [0.5, 0.6) is 0 Å². The zero-order valence-corrected chi connectivity index (χ0v) is 13.6. The highest BCUT2D eigenvalue weighted by Gasteiger charge is 2.14. The van der Waals surface area contributed by atoms with E-state index in [9.17, 15) is 9.59 Å². The molecule has 0 aliphatic carbocycles. The summed E-state index contributed by atoms with van der Waals surface area (Å²) in [6.07, 6.45) is 3.03. The van der Waals surface area contributed by atoms with Crippen LogP contribution in [0.1, 0.15) is 11.1 Å². The SMILES string of the molecule is COCCN(CC(=O)O)C(=O)C=Cc1ccc(C)cc1Br. The van der Waals surface area contributed by atoms with Gasteiger partial charge in [0, 0.05) is 24.2 Å². The van der Waals surface area contributed by atoms with Gasteiger partial charge in [-0.1, -0.05) is 28.1 Å².